The molecule has 5 rings (SSSR count). The van der Waals surface area contributed by atoms with E-state index in [1.807, 2.05) is 24.3 Å². The molecular formula is C14H19ClN3O+3. The van der Waals surface area contributed by atoms with E-state index in [9.17, 15) is 4.79 Å². The van der Waals surface area contributed by atoms with Crippen molar-refractivity contribution in [3.05, 3.63) is 34.9 Å². The third-order valence-electron chi connectivity index (χ3n) is 4.85. The Bertz CT molecular complexity index is 493. The van der Waals surface area contributed by atoms with Gasteiger partial charge in [0.05, 0.1) is 0 Å². The highest BCUT2D eigenvalue weighted by atomic mass is 35.5. The average Bonchev–Trinajstić information content (AvgIpc) is 2.37. The first-order valence-electron chi connectivity index (χ1n) is 6.96. The minimum absolute atomic E-state index is 0.136. The Labute approximate surface area is 117 Å². The van der Waals surface area contributed by atoms with Gasteiger partial charge in [0.25, 0.3) is 0 Å². The van der Waals surface area contributed by atoms with E-state index in [4.69, 9.17) is 11.6 Å². The van der Waals surface area contributed by atoms with Crippen LogP contribution < -0.4 is 14.7 Å². The lowest BCUT2D eigenvalue weighted by molar-refractivity contribution is -1.30. The van der Waals surface area contributed by atoms with E-state index in [2.05, 4.69) is 0 Å². The van der Waals surface area contributed by atoms with Crippen LogP contribution in [0.4, 0.5) is 0 Å². The molecule has 0 aromatic heterocycles. The van der Waals surface area contributed by atoms with Crippen molar-refractivity contribution >= 4 is 17.4 Å². The van der Waals surface area contributed by atoms with Gasteiger partial charge in [-0.1, -0.05) is 11.6 Å². The summed E-state index contributed by atoms with van der Waals surface area (Å²) < 4.78 is 0. The second-order valence-electron chi connectivity index (χ2n) is 6.43. The second kappa shape index (κ2) is 4.03. The van der Waals surface area contributed by atoms with E-state index in [1.165, 1.54) is 20.0 Å². The van der Waals surface area contributed by atoms with Crippen molar-refractivity contribution in [3.63, 3.8) is 0 Å². The third kappa shape index (κ3) is 1.82. The SMILES string of the molecule is O=C(c1ccc(Cl)cc1)C12C[NH+]3C[NH+](C[NH+](C3)C1)C2. The van der Waals surface area contributed by atoms with E-state index in [1.54, 1.807) is 14.7 Å². The van der Waals surface area contributed by atoms with Crippen LogP contribution in [-0.2, 0) is 0 Å². The fourth-order valence-corrected chi connectivity index (χ4v) is 4.52. The molecule has 19 heavy (non-hydrogen) atoms. The second-order valence-corrected chi connectivity index (χ2v) is 6.86. The Hall–Kier alpha value is -0.940. The quantitative estimate of drug-likeness (QED) is 0.498. The molecule has 0 spiro atoms. The molecule has 0 aliphatic carbocycles. The Morgan fingerprint density at radius 3 is 1.89 bits per heavy atom. The van der Waals surface area contributed by atoms with Gasteiger partial charge < -0.3 is 0 Å². The van der Waals surface area contributed by atoms with Gasteiger partial charge >= 0.3 is 0 Å². The molecule has 4 saturated heterocycles. The Morgan fingerprint density at radius 2 is 1.42 bits per heavy atom. The van der Waals surface area contributed by atoms with Gasteiger partial charge in [0.2, 0.25) is 20.0 Å². The van der Waals surface area contributed by atoms with Crippen LogP contribution in [-0.4, -0.2) is 45.4 Å². The molecule has 0 saturated carbocycles. The Balaban J connectivity index is 1.68. The first kappa shape index (κ1) is 11.9. The molecule has 1 aromatic carbocycles. The standard InChI is InChI=1S/C14H16ClN3O/c15-12-3-1-11(2-4-12)13(19)14-5-16-8-17(6-14)10-18(7-14)9-16/h1-4H,5-10H2/p+3. The number of rotatable bonds is 2. The number of Topliss-reactive ketones (excluding diaryl/α,β-unsaturated/α-hetero) is 1. The number of benzene rings is 1. The van der Waals surface area contributed by atoms with Crippen LogP contribution in [0.5, 0.6) is 0 Å². The molecule has 5 heteroatoms. The van der Waals surface area contributed by atoms with Crippen LogP contribution >= 0.6 is 11.6 Å². The molecule has 4 fully saturated rings. The van der Waals surface area contributed by atoms with Gasteiger partial charge in [0, 0.05) is 10.6 Å². The van der Waals surface area contributed by atoms with Gasteiger partial charge in [0.15, 0.2) is 11.2 Å². The van der Waals surface area contributed by atoms with Gasteiger partial charge in [-0.05, 0) is 24.3 Å². The van der Waals surface area contributed by atoms with Gasteiger partial charge in [0.1, 0.15) is 19.6 Å². The summed E-state index contributed by atoms with van der Waals surface area (Å²) in [5.41, 5.74) is 0.691. The van der Waals surface area contributed by atoms with Crippen LogP contribution in [0.2, 0.25) is 5.02 Å². The lowest BCUT2D eigenvalue weighted by atomic mass is 9.75. The van der Waals surface area contributed by atoms with Crippen LogP contribution in [0.3, 0.4) is 0 Å². The van der Waals surface area contributed by atoms with Gasteiger partial charge in [-0.2, -0.15) is 0 Å². The van der Waals surface area contributed by atoms with Crippen molar-refractivity contribution in [3.8, 4) is 0 Å². The fraction of sp³-hybridized carbons (Fsp3) is 0.500. The van der Waals surface area contributed by atoms with Crippen molar-refractivity contribution in [2.45, 2.75) is 0 Å². The van der Waals surface area contributed by atoms with E-state index >= 15 is 0 Å². The normalized spacial score (nSPS) is 39.5. The van der Waals surface area contributed by atoms with Crippen molar-refractivity contribution in [1.82, 2.24) is 0 Å². The number of halogens is 1. The molecule has 4 nitrogen and oxygen atoms in total. The molecular weight excluding hydrogens is 262 g/mol. The number of hydrogen-bond acceptors (Lipinski definition) is 1. The maximum atomic E-state index is 12.9. The molecule has 0 radical (unpaired) electrons. The van der Waals surface area contributed by atoms with E-state index in [0.29, 0.717) is 10.8 Å². The number of carbonyl (C=O) groups is 1. The molecule has 1 aromatic rings. The number of nitrogens with one attached hydrogen (secondary N) is 3. The predicted octanol–water partition coefficient (Wildman–Crippen LogP) is -2.92. The van der Waals surface area contributed by atoms with Crippen LogP contribution in [0, 0.1) is 5.41 Å². The zero-order valence-electron chi connectivity index (χ0n) is 10.8. The maximum absolute atomic E-state index is 12.9. The first-order valence-corrected chi connectivity index (χ1v) is 7.34. The highest BCUT2D eigenvalue weighted by molar-refractivity contribution is 6.30. The van der Waals surface area contributed by atoms with Crippen molar-refractivity contribution in [2.24, 2.45) is 5.41 Å². The number of ketones is 1. The zero-order chi connectivity index (χ0) is 13.0. The summed E-state index contributed by atoms with van der Waals surface area (Å²) in [5, 5.41) is 0.695. The predicted molar refractivity (Wildman–Crippen MR) is 70.3 cm³/mol. The molecule has 3 N–H and O–H groups in total. The van der Waals surface area contributed by atoms with Gasteiger partial charge in [-0.25, -0.2) is 14.7 Å². The molecule has 4 aliphatic heterocycles. The smallest absolute Gasteiger partial charge is 0.213 e. The first-order chi connectivity index (χ1) is 9.14. The van der Waals surface area contributed by atoms with E-state index < -0.39 is 0 Å². The van der Waals surface area contributed by atoms with Crippen LogP contribution in [0.1, 0.15) is 10.4 Å². The molecule has 0 atom stereocenters. The average molecular weight is 281 g/mol. The number of hydrogen-bond donors (Lipinski definition) is 3. The maximum Gasteiger partial charge on any atom is 0.213 e. The summed E-state index contributed by atoms with van der Waals surface area (Å²) in [6.45, 7) is 6.63. The fourth-order valence-electron chi connectivity index (χ4n) is 4.39. The van der Waals surface area contributed by atoms with Crippen molar-refractivity contribution in [2.75, 3.05) is 39.6 Å². The molecule has 4 bridgehead atoms. The zero-order valence-corrected chi connectivity index (χ0v) is 11.6. The summed E-state index contributed by atoms with van der Waals surface area (Å²) in [6, 6.07) is 7.40. The molecule has 0 unspecified atom stereocenters. The highest BCUT2D eigenvalue weighted by Crippen LogP contribution is 2.22. The minimum Gasteiger partial charge on any atom is -0.293 e. The summed E-state index contributed by atoms with van der Waals surface area (Å²) >= 11 is 5.91. The molecule has 4 heterocycles. The molecule has 0 amide bonds. The minimum atomic E-state index is -0.136. The lowest BCUT2D eigenvalue weighted by Gasteiger charge is -2.51. The van der Waals surface area contributed by atoms with Crippen molar-refractivity contribution < 1.29 is 19.5 Å². The van der Waals surface area contributed by atoms with Crippen LogP contribution in [0.25, 0.3) is 0 Å². The van der Waals surface area contributed by atoms with E-state index in [-0.39, 0.29) is 5.41 Å². The highest BCUT2D eigenvalue weighted by Gasteiger charge is 2.61. The Morgan fingerprint density at radius 1 is 0.947 bits per heavy atom. The number of carbonyl (C=O) groups excluding carboxylic acids is 1. The van der Waals surface area contributed by atoms with Gasteiger partial charge in [-0.3, -0.25) is 4.79 Å². The molecule has 100 valence electrons. The summed E-state index contributed by atoms with van der Waals surface area (Å²) in [5.74, 6) is 0.329. The topological polar surface area (TPSA) is 30.4 Å². The third-order valence-corrected chi connectivity index (χ3v) is 5.11. The number of quaternary nitrogens is 3. The van der Waals surface area contributed by atoms with E-state index in [0.717, 1.165) is 25.2 Å². The van der Waals surface area contributed by atoms with Crippen molar-refractivity contribution in [1.29, 1.82) is 0 Å². The Kier molecular flexibility index (Phi) is 2.51. The summed E-state index contributed by atoms with van der Waals surface area (Å²) in [4.78, 5) is 17.7. The summed E-state index contributed by atoms with van der Waals surface area (Å²) in [6.07, 6.45) is 0. The monoisotopic (exact) mass is 280 g/mol. The van der Waals surface area contributed by atoms with Gasteiger partial charge in [-0.15, -0.1) is 0 Å². The lowest BCUT2D eigenvalue weighted by Crippen LogP contribution is -3.56. The molecule has 4 aliphatic rings. The van der Waals surface area contributed by atoms with Crippen LogP contribution in [0.15, 0.2) is 24.3 Å². The largest absolute Gasteiger partial charge is 0.293 e. The summed E-state index contributed by atoms with van der Waals surface area (Å²) in [7, 11) is 0.